The van der Waals surface area contributed by atoms with Crippen molar-refractivity contribution in [3.63, 3.8) is 0 Å². The highest BCUT2D eigenvalue weighted by atomic mass is 32.1. The molecule has 0 unspecified atom stereocenters. The molecule has 18 heavy (non-hydrogen) atoms. The molecule has 0 radical (unpaired) electrons. The van der Waals surface area contributed by atoms with Gasteiger partial charge in [0.15, 0.2) is 0 Å². The zero-order chi connectivity index (χ0) is 13.1. The second-order valence-electron chi connectivity index (χ2n) is 4.11. The van der Waals surface area contributed by atoms with Gasteiger partial charge in [-0.25, -0.2) is 0 Å². The molecule has 7 heteroatoms. The first-order chi connectivity index (χ1) is 8.56. The van der Waals surface area contributed by atoms with Crippen LogP contribution >= 0.6 is 22.7 Å². The maximum absolute atomic E-state index is 11.9. The highest BCUT2D eigenvalue weighted by Crippen LogP contribution is 2.23. The summed E-state index contributed by atoms with van der Waals surface area (Å²) in [5.41, 5.74) is 6.16. The van der Waals surface area contributed by atoms with Gasteiger partial charge in [0.1, 0.15) is 5.01 Å². The van der Waals surface area contributed by atoms with Gasteiger partial charge in [0.05, 0.1) is 12.1 Å². The predicted molar refractivity (Wildman–Crippen MR) is 73.9 cm³/mol. The third-order valence-corrected chi connectivity index (χ3v) is 4.32. The minimum atomic E-state index is -0.0908. The fourth-order valence-corrected chi connectivity index (χ4v) is 2.82. The average Bonchev–Trinajstić information content (AvgIpc) is 2.94. The molecule has 3 N–H and O–H groups in total. The molecule has 0 atom stereocenters. The van der Waals surface area contributed by atoms with E-state index in [4.69, 9.17) is 5.73 Å². The van der Waals surface area contributed by atoms with Crippen molar-refractivity contribution in [3.05, 3.63) is 26.9 Å². The van der Waals surface area contributed by atoms with E-state index in [1.807, 2.05) is 11.4 Å². The van der Waals surface area contributed by atoms with Crippen LogP contribution in [0.4, 0.5) is 5.13 Å². The smallest absolute Gasteiger partial charge is 0.252 e. The number of hydrogen-bond acceptors (Lipinski definition) is 6. The number of hydrogen-bond donors (Lipinski definition) is 2. The van der Waals surface area contributed by atoms with Crippen molar-refractivity contribution in [2.24, 2.45) is 0 Å². The standard InChI is InChI=1S/C11H14N4OS2/c1-6(2)8-3-7(5-17-8)10(16)13-4-9-14-15-11(12)18-9/h3,5-6H,4H2,1-2H3,(H2,12,15)(H,13,16). The van der Waals surface area contributed by atoms with E-state index < -0.39 is 0 Å². The molecule has 2 aromatic rings. The summed E-state index contributed by atoms with van der Waals surface area (Å²) in [4.78, 5) is 13.1. The van der Waals surface area contributed by atoms with Gasteiger partial charge in [-0.05, 0) is 12.0 Å². The Morgan fingerprint density at radius 3 is 2.83 bits per heavy atom. The molecule has 0 spiro atoms. The van der Waals surface area contributed by atoms with Gasteiger partial charge in [0, 0.05) is 10.3 Å². The number of amides is 1. The number of rotatable bonds is 4. The Balaban J connectivity index is 1.95. The number of thiophene rings is 1. The number of carbonyl (C=O) groups is 1. The fraction of sp³-hybridized carbons (Fsp3) is 0.364. The van der Waals surface area contributed by atoms with E-state index in [1.165, 1.54) is 16.2 Å². The number of carbonyl (C=O) groups excluding carboxylic acids is 1. The summed E-state index contributed by atoms with van der Waals surface area (Å²) in [6.07, 6.45) is 0. The number of nitrogens with zero attached hydrogens (tertiary/aromatic N) is 2. The maximum atomic E-state index is 11.9. The summed E-state index contributed by atoms with van der Waals surface area (Å²) in [5, 5.41) is 13.3. The Morgan fingerprint density at radius 1 is 1.50 bits per heavy atom. The second-order valence-corrected chi connectivity index (χ2v) is 6.15. The highest BCUT2D eigenvalue weighted by molar-refractivity contribution is 7.15. The van der Waals surface area contributed by atoms with Gasteiger partial charge in [-0.1, -0.05) is 25.2 Å². The van der Waals surface area contributed by atoms with Crippen LogP contribution in [0.3, 0.4) is 0 Å². The predicted octanol–water partition coefficient (Wildman–Crippen LogP) is 2.24. The molecular formula is C11H14N4OS2. The summed E-state index contributed by atoms with van der Waals surface area (Å²) in [6.45, 7) is 4.58. The van der Waals surface area contributed by atoms with Crippen molar-refractivity contribution >= 4 is 33.7 Å². The lowest BCUT2D eigenvalue weighted by molar-refractivity contribution is 0.0951. The topological polar surface area (TPSA) is 80.9 Å². The zero-order valence-corrected chi connectivity index (χ0v) is 11.8. The van der Waals surface area contributed by atoms with Gasteiger partial charge in [0.2, 0.25) is 5.13 Å². The Kier molecular flexibility index (Phi) is 3.93. The van der Waals surface area contributed by atoms with E-state index >= 15 is 0 Å². The number of aromatic nitrogens is 2. The number of nitrogens with one attached hydrogen (secondary N) is 1. The minimum Gasteiger partial charge on any atom is -0.374 e. The van der Waals surface area contributed by atoms with Gasteiger partial charge in [-0.3, -0.25) is 4.79 Å². The van der Waals surface area contributed by atoms with E-state index in [9.17, 15) is 4.79 Å². The van der Waals surface area contributed by atoms with Crippen molar-refractivity contribution in [1.29, 1.82) is 0 Å². The van der Waals surface area contributed by atoms with Crippen LogP contribution in [-0.2, 0) is 6.54 Å². The second kappa shape index (κ2) is 5.45. The summed E-state index contributed by atoms with van der Waals surface area (Å²) in [6, 6.07) is 1.93. The Bertz CT molecular complexity index is 547. The van der Waals surface area contributed by atoms with Crippen LogP contribution < -0.4 is 11.1 Å². The molecule has 0 saturated carbocycles. The fourth-order valence-electron chi connectivity index (χ4n) is 1.37. The maximum Gasteiger partial charge on any atom is 0.252 e. The number of anilines is 1. The average molecular weight is 282 g/mol. The van der Waals surface area contributed by atoms with Crippen molar-refractivity contribution in [1.82, 2.24) is 15.5 Å². The molecule has 0 aliphatic heterocycles. The first-order valence-electron chi connectivity index (χ1n) is 5.50. The Morgan fingerprint density at radius 2 is 2.28 bits per heavy atom. The quantitative estimate of drug-likeness (QED) is 0.901. The van der Waals surface area contributed by atoms with Crippen molar-refractivity contribution < 1.29 is 4.79 Å². The monoisotopic (exact) mass is 282 g/mol. The van der Waals surface area contributed by atoms with Gasteiger partial charge in [0.25, 0.3) is 5.91 Å². The molecule has 2 aromatic heterocycles. The third kappa shape index (κ3) is 3.05. The molecule has 2 rings (SSSR count). The number of nitrogens with two attached hydrogens (primary N) is 1. The van der Waals surface area contributed by atoms with Crippen molar-refractivity contribution in [3.8, 4) is 0 Å². The normalized spacial score (nSPS) is 10.8. The van der Waals surface area contributed by atoms with Crippen LogP contribution in [0.5, 0.6) is 0 Å². The molecule has 0 aliphatic carbocycles. The van der Waals surface area contributed by atoms with E-state index in [-0.39, 0.29) is 5.91 Å². The van der Waals surface area contributed by atoms with Crippen molar-refractivity contribution in [2.45, 2.75) is 26.3 Å². The third-order valence-electron chi connectivity index (χ3n) is 2.33. The molecule has 2 heterocycles. The van der Waals surface area contributed by atoms with E-state index in [2.05, 4.69) is 29.4 Å². The molecule has 5 nitrogen and oxygen atoms in total. The SMILES string of the molecule is CC(C)c1cc(C(=O)NCc2nnc(N)s2)cs1. The van der Waals surface area contributed by atoms with Crippen LogP contribution in [-0.4, -0.2) is 16.1 Å². The number of nitrogen functional groups attached to an aromatic ring is 1. The molecule has 96 valence electrons. The summed E-state index contributed by atoms with van der Waals surface area (Å²) in [7, 11) is 0. The van der Waals surface area contributed by atoms with Crippen LogP contribution in [0, 0.1) is 0 Å². The Hall–Kier alpha value is -1.47. The van der Waals surface area contributed by atoms with Crippen LogP contribution in [0.2, 0.25) is 0 Å². The lowest BCUT2D eigenvalue weighted by Gasteiger charge is -2.00. The molecule has 0 bridgehead atoms. The summed E-state index contributed by atoms with van der Waals surface area (Å²) < 4.78 is 0. The lowest BCUT2D eigenvalue weighted by Crippen LogP contribution is -2.22. The van der Waals surface area contributed by atoms with Crippen LogP contribution in [0.1, 0.15) is 40.0 Å². The molecule has 1 amide bonds. The minimum absolute atomic E-state index is 0.0908. The van der Waals surface area contributed by atoms with Gasteiger partial charge in [-0.15, -0.1) is 21.5 Å². The van der Waals surface area contributed by atoms with Gasteiger partial charge >= 0.3 is 0 Å². The van der Waals surface area contributed by atoms with Crippen LogP contribution in [0.15, 0.2) is 11.4 Å². The first-order valence-corrected chi connectivity index (χ1v) is 7.20. The molecular weight excluding hydrogens is 268 g/mol. The van der Waals surface area contributed by atoms with E-state index in [0.717, 1.165) is 0 Å². The largest absolute Gasteiger partial charge is 0.374 e. The molecule has 0 aromatic carbocycles. The van der Waals surface area contributed by atoms with Crippen molar-refractivity contribution in [2.75, 3.05) is 5.73 Å². The Labute approximate surface area is 113 Å². The summed E-state index contributed by atoms with van der Waals surface area (Å²) in [5.74, 6) is 0.353. The van der Waals surface area contributed by atoms with Crippen LogP contribution in [0.25, 0.3) is 0 Å². The first kappa shape index (κ1) is 13.0. The zero-order valence-electron chi connectivity index (χ0n) is 10.1. The van der Waals surface area contributed by atoms with Gasteiger partial charge in [-0.2, -0.15) is 0 Å². The highest BCUT2D eigenvalue weighted by Gasteiger charge is 2.11. The molecule has 0 saturated heterocycles. The summed E-state index contributed by atoms with van der Waals surface area (Å²) >= 11 is 2.88. The molecule has 0 aliphatic rings. The van der Waals surface area contributed by atoms with E-state index in [1.54, 1.807) is 11.3 Å². The van der Waals surface area contributed by atoms with Gasteiger partial charge < -0.3 is 11.1 Å². The molecule has 0 fully saturated rings. The van der Waals surface area contributed by atoms with E-state index in [0.29, 0.717) is 28.2 Å². The lowest BCUT2D eigenvalue weighted by atomic mass is 10.1.